The Morgan fingerprint density at radius 1 is 1.56 bits per heavy atom. The molecule has 4 heteroatoms. The van der Waals surface area contributed by atoms with Crippen molar-refractivity contribution >= 4 is 0 Å². The lowest BCUT2D eigenvalue weighted by molar-refractivity contribution is 0.410. The molecule has 0 aliphatic heterocycles. The second-order valence-electron chi connectivity index (χ2n) is 4.71. The summed E-state index contributed by atoms with van der Waals surface area (Å²) >= 11 is 0. The van der Waals surface area contributed by atoms with E-state index >= 15 is 0 Å². The van der Waals surface area contributed by atoms with Gasteiger partial charge in [0.25, 0.3) is 5.56 Å². The number of hydrogen-bond donors (Lipinski definition) is 1. The van der Waals surface area contributed by atoms with Gasteiger partial charge < -0.3 is 5.73 Å². The molecular weight excluding hydrogens is 202 g/mol. The van der Waals surface area contributed by atoms with Crippen LogP contribution in [0.4, 0.5) is 0 Å². The average Bonchev–Trinajstić information content (AvgIpc) is 2.63. The highest BCUT2D eigenvalue weighted by molar-refractivity contribution is 4.96. The molecule has 1 aromatic rings. The van der Waals surface area contributed by atoms with Crippen LogP contribution in [0.2, 0.25) is 0 Å². The third-order valence-corrected chi connectivity index (χ3v) is 3.47. The Kier molecular flexibility index (Phi) is 3.39. The zero-order valence-electron chi connectivity index (χ0n) is 9.72. The largest absolute Gasteiger partial charge is 0.327 e. The zero-order chi connectivity index (χ0) is 11.5. The summed E-state index contributed by atoms with van der Waals surface area (Å²) in [5, 5.41) is 0. The molecule has 1 aliphatic carbocycles. The average molecular weight is 221 g/mol. The second-order valence-corrected chi connectivity index (χ2v) is 4.71. The first-order valence-corrected chi connectivity index (χ1v) is 5.95. The maximum absolute atomic E-state index is 11.6. The lowest BCUT2D eigenvalue weighted by Crippen LogP contribution is -2.27. The third-order valence-electron chi connectivity index (χ3n) is 3.47. The van der Waals surface area contributed by atoms with E-state index in [9.17, 15) is 4.79 Å². The van der Waals surface area contributed by atoms with Gasteiger partial charge in [-0.25, -0.2) is 4.98 Å². The van der Waals surface area contributed by atoms with Crippen LogP contribution in [0.1, 0.15) is 31.4 Å². The first-order chi connectivity index (χ1) is 7.66. The van der Waals surface area contributed by atoms with Gasteiger partial charge in [-0.15, -0.1) is 0 Å². The van der Waals surface area contributed by atoms with Crippen LogP contribution in [0.15, 0.2) is 17.2 Å². The first-order valence-electron chi connectivity index (χ1n) is 5.95. The van der Waals surface area contributed by atoms with Crippen molar-refractivity contribution in [3.05, 3.63) is 28.4 Å². The van der Waals surface area contributed by atoms with Crippen LogP contribution in [0.3, 0.4) is 0 Å². The van der Waals surface area contributed by atoms with Gasteiger partial charge in [-0.1, -0.05) is 6.42 Å². The molecule has 2 unspecified atom stereocenters. The van der Waals surface area contributed by atoms with Gasteiger partial charge in [0, 0.05) is 24.3 Å². The van der Waals surface area contributed by atoms with Crippen molar-refractivity contribution in [2.45, 2.75) is 45.2 Å². The Morgan fingerprint density at radius 3 is 3.00 bits per heavy atom. The van der Waals surface area contributed by atoms with Gasteiger partial charge in [-0.05, 0) is 32.1 Å². The molecule has 1 fully saturated rings. The topological polar surface area (TPSA) is 60.9 Å². The Bertz CT molecular complexity index is 413. The van der Waals surface area contributed by atoms with Gasteiger partial charge in [0.15, 0.2) is 0 Å². The SMILES string of the molecule is Cc1cc(=O)n(CCC2CCCC2N)cn1. The molecule has 0 saturated heterocycles. The lowest BCUT2D eigenvalue weighted by Gasteiger charge is -2.15. The second kappa shape index (κ2) is 4.78. The van der Waals surface area contributed by atoms with Crippen molar-refractivity contribution in [2.24, 2.45) is 11.7 Å². The van der Waals surface area contributed by atoms with Gasteiger partial charge in [0.1, 0.15) is 0 Å². The van der Waals surface area contributed by atoms with Crippen molar-refractivity contribution in [1.82, 2.24) is 9.55 Å². The summed E-state index contributed by atoms with van der Waals surface area (Å²) in [6.07, 6.45) is 6.19. The summed E-state index contributed by atoms with van der Waals surface area (Å²) in [6, 6.07) is 1.91. The minimum absolute atomic E-state index is 0.0408. The van der Waals surface area contributed by atoms with Crippen LogP contribution in [-0.4, -0.2) is 15.6 Å². The third kappa shape index (κ3) is 2.50. The van der Waals surface area contributed by atoms with E-state index in [1.165, 1.54) is 12.8 Å². The molecule has 4 nitrogen and oxygen atoms in total. The minimum atomic E-state index is 0.0408. The van der Waals surface area contributed by atoms with Crippen molar-refractivity contribution in [1.29, 1.82) is 0 Å². The lowest BCUT2D eigenvalue weighted by atomic mass is 10.0. The number of nitrogens with zero attached hydrogens (tertiary/aromatic N) is 2. The van der Waals surface area contributed by atoms with E-state index in [0.717, 1.165) is 25.1 Å². The molecule has 0 aromatic carbocycles. The molecule has 2 N–H and O–H groups in total. The van der Waals surface area contributed by atoms with E-state index < -0.39 is 0 Å². The van der Waals surface area contributed by atoms with Crippen LogP contribution in [0.25, 0.3) is 0 Å². The number of aryl methyl sites for hydroxylation is 2. The normalized spacial score (nSPS) is 24.9. The minimum Gasteiger partial charge on any atom is -0.327 e. The van der Waals surface area contributed by atoms with E-state index in [1.54, 1.807) is 17.0 Å². The van der Waals surface area contributed by atoms with E-state index in [-0.39, 0.29) is 5.56 Å². The molecule has 16 heavy (non-hydrogen) atoms. The summed E-state index contributed by atoms with van der Waals surface area (Å²) in [6.45, 7) is 2.57. The summed E-state index contributed by atoms with van der Waals surface area (Å²) in [5.41, 5.74) is 6.82. The molecular formula is C12H19N3O. The molecule has 2 atom stereocenters. The maximum atomic E-state index is 11.6. The van der Waals surface area contributed by atoms with Crippen molar-refractivity contribution in [3.63, 3.8) is 0 Å². The van der Waals surface area contributed by atoms with Gasteiger partial charge >= 0.3 is 0 Å². The van der Waals surface area contributed by atoms with E-state index in [0.29, 0.717) is 12.0 Å². The van der Waals surface area contributed by atoms with E-state index in [2.05, 4.69) is 4.98 Å². The Labute approximate surface area is 95.5 Å². The molecule has 1 saturated carbocycles. The smallest absolute Gasteiger partial charge is 0.253 e. The van der Waals surface area contributed by atoms with Crippen LogP contribution >= 0.6 is 0 Å². The fraction of sp³-hybridized carbons (Fsp3) is 0.667. The molecule has 0 spiro atoms. The van der Waals surface area contributed by atoms with Crippen molar-refractivity contribution in [2.75, 3.05) is 0 Å². The molecule has 1 heterocycles. The molecule has 1 aliphatic rings. The van der Waals surface area contributed by atoms with Crippen molar-refractivity contribution in [3.8, 4) is 0 Å². The molecule has 0 amide bonds. The zero-order valence-corrected chi connectivity index (χ0v) is 9.72. The van der Waals surface area contributed by atoms with Gasteiger partial charge in [0.05, 0.1) is 6.33 Å². The summed E-state index contributed by atoms with van der Waals surface area (Å²) in [4.78, 5) is 15.8. The summed E-state index contributed by atoms with van der Waals surface area (Å²) < 4.78 is 1.68. The van der Waals surface area contributed by atoms with Crippen LogP contribution in [0.5, 0.6) is 0 Å². The summed E-state index contributed by atoms with van der Waals surface area (Å²) in [5.74, 6) is 0.577. The summed E-state index contributed by atoms with van der Waals surface area (Å²) in [7, 11) is 0. The van der Waals surface area contributed by atoms with Gasteiger partial charge in [-0.3, -0.25) is 9.36 Å². The van der Waals surface area contributed by atoms with Crippen LogP contribution in [0, 0.1) is 12.8 Å². The van der Waals surface area contributed by atoms with E-state index in [1.807, 2.05) is 6.92 Å². The first kappa shape index (κ1) is 11.3. The fourth-order valence-corrected chi connectivity index (χ4v) is 2.41. The Morgan fingerprint density at radius 2 is 2.38 bits per heavy atom. The van der Waals surface area contributed by atoms with E-state index in [4.69, 9.17) is 5.73 Å². The standard InChI is InChI=1S/C12H19N3O/c1-9-7-12(16)15(8-14-9)6-5-10-3-2-4-11(10)13/h7-8,10-11H,2-6,13H2,1H3. The Hall–Kier alpha value is -1.16. The molecule has 0 radical (unpaired) electrons. The maximum Gasteiger partial charge on any atom is 0.253 e. The number of nitrogens with two attached hydrogens (primary N) is 1. The van der Waals surface area contributed by atoms with Crippen LogP contribution in [-0.2, 0) is 6.54 Å². The quantitative estimate of drug-likeness (QED) is 0.830. The monoisotopic (exact) mass is 221 g/mol. The number of aromatic nitrogens is 2. The van der Waals surface area contributed by atoms with Gasteiger partial charge in [0.2, 0.25) is 0 Å². The number of rotatable bonds is 3. The highest BCUT2D eigenvalue weighted by Gasteiger charge is 2.23. The highest BCUT2D eigenvalue weighted by Crippen LogP contribution is 2.26. The molecule has 1 aromatic heterocycles. The molecule has 2 rings (SSSR count). The predicted octanol–water partition coefficient (Wildman–Crippen LogP) is 1.07. The molecule has 88 valence electrons. The fourth-order valence-electron chi connectivity index (χ4n) is 2.41. The molecule has 0 bridgehead atoms. The van der Waals surface area contributed by atoms with Crippen LogP contribution < -0.4 is 11.3 Å². The Balaban J connectivity index is 1.97. The number of hydrogen-bond acceptors (Lipinski definition) is 3. The predicted molar refractivity (Wildman–Crippen MR) is 63.2 cm³/mol. The van der Waals surface area contributed by atoms with Gasteiger partial charge in [-0.2, -0.15) is 0 Å². The highest BCUT2D eigenvalue weighted by atomic mass is 16.1. The van der Waals surface area contributed by atoms with Crippen molar-refractivity contribution < 1.29 is 0 Å².